The number of anilines is 1. The Morgan fingerprint density at radius 1 is 1.15 bits per heavy atom. The highest BCUT2D eigenvalue weighted by Crippen LogP contribution is 2.35. The van der Waals surface area contributed by atoms with Gasteiger partial charge in [0, 0.05) is 61.7 Å². The summed E-state index contributed by atoms with van der Waals surface area (Å²) in [6, 6.07) is 13.2. The Kier molecular flexibility index (Phi) is 6.99. The van der Waals surface area contributed by atoms with Crippen LogP contribution in [0.25, 0.3) is 0 Å². The number of carboxylic acid groups (broad SMARTS) is 1. The van der Waals surface area contributed by atoms with Gasteiger partial charge in [0.1, 0.15) is 11.9 Å². The normalized spacial score (nSPS) is 21.0. The summed E-state index contributed by atoms with van der Waals surface area (Å²) in [5.41, 5.74) is 1.59. The number of carbonyl (C=O) groups is 2. The Labute approximate surface area is 197 Å². The van der Waals surface area contributed by atoms with Crippen molar-refractivity contribution in [2.24, 2.45) is 11.8 Å². The minimum Gasteiger partial charge on any atom is -0.465 e. The molecule has 1 aromatic carbocycles. The van der Waals surface area contributed by atoms with Crippen LogP contribution in [0.3, 0.4) is 0 Å². The minimum atomic E-state index is -1.06. The number of aromatic nitrogens is 1. The number of piperidine rings is 1. The van der Waals surface area contributed by atoms with Crippen LogP contribution in [0, 0.1) is 23.2 Å². The van der Waals surface area contributed by atoms with E-state index in [1.54, 1.807) is 12.3 Å². The first-order valence-electron chi connectivity index (χ1n) is 11.1. The number of rotatable bonds is 5. The van der Waals surface area contributed by atoms with Crippen LogP contribution >= 0.6 is 11.6 Å². The third-order valence-corrected chi connectivity index (χ3v) is 6.86. The topological polar surface area (TPSA) is 110 Å². The van der Waals surface area contributed by atoms with Crippen molar-refractivity contribution in [3.63, 3.8) is 0 Å². The maximum atomic E-state index is 13.3. The summed E-state index contributed by atoms with van der Waals surface area (Å²) in [4.78, 5) is 32.8. The molecule has 2 saturated heterocycles. The maximum Gasteiger partial charge on any atom is 0.404 e. The Bertz CT molecular complexity index is 1030. The van der Waals surface area contributed by atoms with Crippen LogP contribution in [-0.2, 0) is 4.79 Å². The predicted octanol–water partition coefficient (Wildman–Crippen LogP) is 3.33. The first-order valence-corrected chi connectivity index (χ1v) is 11.4. The molecule has 0 spiro atoms. The molecule has 2 aliphatic rings. The molecule has 2 amide bonds. The van der Waals surface area contributed by atoms with Crippen LogP contribution in [0.15, 0.2) is 42.6 Å². The first-order chi connectivity index (χ1) is 15.9. The van der Waals surface area contributed by atoms with E-state index in [1.165, 1.54) is 0 Å². The van der Waals surface area contributed by atoms with Gasteiger partial charge in [-0.25, -0.2) is 9.78 Å². The van der Waals surface area contributed by atoms with E-state index < -0.39 is 6.09 Å². The van der Waals surface area contributed by atoms with Crippen molar-refractivity contribution < 1.29 is 14.7 Å². The summed E-state index contributed by atoms with van der Waals surface area (Å²) < 4.78 is 0. The van der Waals surface area contributed by atoms with Gasteiger partial charge >= 0.3 is 6.09 Å². The van der Waals surface area contributed by atoms with Gasteiger partial charge in [-0.2, -0.15) is 5.26 Å². The molecule has 0 unspecified atom stereocenters. The number of benzene rings is 1. The van der Waals surface area contributed by atoms with Crippen molar-refractivity contribution in [2.45, 2.75) is 18.8 Å². The van der Waals surface area contributed by atoms with Gasteiger partial charge in [0.15, 0.2) is 0 Å². The molecule has 0 aliphatic carbocycles. The molecule has 2 aromatic rings. The highest BCUT2D eigenvalue weighted by atomic mass is 35.5. The predicted molar refractivity (Wildman–Crippen MR) is 124 cm³/mol. The fourth-order valence-corrected chi connectivity index (χ4v) is 4.94. The summed E-state index contributed by atoms with van der Waals surface area (Å²) in [6.07, 6.45) is 1.98. The number of pyridine rings is 1. The molecular formula is C24H26ClN5O3. The van der Waals surface area contributed by atoms with Gasteiger partial charge in [0.25, 0.3) is 0 Å². The second-order valence-corrected chi connectivity index (χ2v) is 9.06. The van der Waals surface area contributed by atoms with Crippen LogP contribution in [-0.4, -0.2) is 59.7 Å². The third-order valence-electron chi connectivity index (χ3n) is 6.61. The molecule has 8 nitrogen and oxygen atoms in total. The van der Waals surface area contributed by atoms with E-state index in [-0.39, 0.29) is 23.7 Å². The molecule has 172 valence electrons. The molecule has 0 bridgehead atoms. The first kappa shape index (κ1) is 22.9. The van der Waals surface area contributed by atoms with E-state index >= 15 is 0 Å². The number of amides is 2. The lowest BCUT2D eigenvalue weighted by Gasteiger charge is -2.34. The molecule has 0 saturated carbocycles. The van der Waals surface area contributed by atoms with Gasteiger partial charge in [0.2, 0.25) is 5.91 Å². The standard InChI is InChI=1S/C24H26ClN5O3/c25-20-4-2-17(3-5-20)21-15-30(14-19(21)13-28-24(32)33)23(31)18-7-9-29(10-8-18)22-6-1-16(11-26)12-27-22/h1-6,12,18-19,21,28H,7-10,13-15H2,(H,32,33)/t19-,21-/m0/s1. The highest BCUT2D eigenvalue weighted by molar-refractivity contribution is 6.30. The lowest BCUT2D eigenvalue weighted by molar-refractivity contribution is -0.135. The zero-order chi connectivity index (χ0) is 23.4. The van der Waals surface area contributed by atoms with Crippen molar-refractivity contribution in [1.29, 1.82) is 5.26 Å². The quantitative estimate of drug-likeness (QED) is 0.698. The number of nitrogens with one attached hydrogen (secondary N) is 1. The molecular weight excluding hydrogens is 442 g/mol. The summed E-state index contributed by atoms with van der Waals surface area (Å²) in [6.45, 7) is 2.87. The maximum absolute atomic E-state index is 13.3. The number of hydrogen-bond donors (Lipinski definition) is 2. The van der Waals surface area contributed by atoms with Gasteiger partial charge in [-0.1, -0.05) is 23.7 Å². The van der Waals surface area contributed by atoms with E-state index in [4.69, 9.17) is 22.0 Å². The third kappa shape index (κ3) is 5.37. The Morgan fingerprint density at radius 3 is 2.48 bits per heavy atom. The van der Waals surface area contributed by atoms with Crippen LogP contribution in [0.2, 0.25) is 5.02 Å². The van der Waals surface area contributed by atoms with Crippen LogP contribution in [0.1, 0.15) is 29.9 Å². The average molecular weight is 468 g/mol. The smallest absolute Gasteiger partial charge is 0.404 e. The molecule has 4 rings (SSSR count). The van der Waals surface area contributed by atoms with E-state index in [1.807, 2.05) is 35.2 Å². The van der Waals surface area contributed by atoms with Crippen molar-refractivity contribution >= 4 is 29.4 Å². The number of carbonyl (C=O) groups excluding carboxylic acids is 1. The number of nitriles is 1. The van der Waals surface area contributed by atoms with E-state index in [2.05, 4.69) is 21.3 Å². The van der Waals surface area contributed by atoms with E-state index in [0.717, 1.165) is 37.3 Å². The lowest BCUT2D eigenvalue weighted by Crippen LogP contribution is -2.42. The molecule has 33 heavy (non-hydrogen) atoms. The molecule has 2 fully saturated rings. The number of likely N-dealkylation sites (tertiary alicyclic amines) is 1. The summed E-state index contributed by atoms with van der Waals surface area (Å²) >= 11 is 6.03. The average Bonchev–Trinajstić information content (AvgIpc) is 3.27. The van der Waals surface area contributed by atoms with Crippen molar-refractivity contribution in [3.8, 4) is 6.07 Å². The fourth-order valence-electron chi connectivity index (χ4n) is 4.82. The largest absolute Gasteiger partial charge is 0.465 e. The van der Waals surface area contributed by atoms with Crippen molar-refractivity contribution in [2.75, 3.05) is 37.6 Å². The Hall–Kier alpha value is -3.31. The summed E-state index contributed by atoms with van der Waals surface area (Å²) in [5, 5.41) is 21.1. The van der Waals surface area contributed by atoms with Gasteiger partial charge in [-0.15, -0.1) is 0 Å². The second kappa shape index (κ2) is 10.1. The molecule has 2 atom stereocenters. The zero-order valence-corrected chi connectivity index (χ0v) is 18.9. The van der Waals surface area contributed by atoms with Gasteiger partial charge in [-0.05, 0) is 42.7 Å². The van der Waals surface area contributed by atoms with Gasteiger partial charge < -0.3 is 20.2 Å². The van der Waals surface area contributed by atoms with Gasteiger partial charge in [0.05, 0.1) is 5.56 Å². The zero-order valence-electron chi connectivity index (χ0n) is 18.2. The van der Waals surface area contributed by atoms with Gasteiger partial charge in [-0.3, -0.25) is 4.79 Å². The molecule has 2 aliphatic heterocycles. The van der Waals surface area contributed by atoms with Crippen LogP contribution < -0.4 is 10.2 Å². The SMILES string of the molecule is N#Cc1ccc(N2CCC(C(=O)N3C[C@H](CNC(=O)O)[C@H](c4ccc(Cl)cc4)C3)CC2)nc1. The Morgan fingerprint density at radius 2 is 1.88 bits per heavy atom. The lowest BCUT2D eigenvalue weighted by atomic mass is 9.89. The monoisotopic (exact) mass is 467 g/mol. The summed E-state index contributed by atoms with van der Waals surface area (Å²) in [5.74, 6) is 0.967. The molecule has 0 radical (unpaired) electrons. The summed E-state index contributed by atoms with van der Waals surface area (Å²) in [7, 11) is 0. The number of nitrogens with zero attached hydrogens (tertiary/aromatic N) is 4. The molecule has 9 heteroatoms. The fraction of sp³-hybridized carbons (Fsp3) is 0.417. The Balaban J connectivity index is 1.39. The minimum absolute atomic E-state index is 0.00848. The van der Waals surface area contributed by atoms with Crippen molar-refractivity contribution in [1.82, 2.24) is 15.2 Å². The van der Waals surface area contributed by atoms with E-state index in [9.17, 15) is 9.59 Å². The van der Waals surface area contributed by atoms with Crippen molar-refractivity contribution in [3.05, 3.63) is 58.7 Å². The van der Waals surface area contributed by atoms with E-state index in [0.29, 0.717) is 30.2 Å². The second-order valence-electron chi connectivity index (χ2n) is 8.63. The molecule has 2 N–H and O–H groups in total. The number of hydrogen-bond acceptors (Lipinski definition) is 5. The van der Waals surface area contributed by atoms with Crippen LogP contribution in [0.4, 0.5) is 10.6 Å². The highest BCUT2D eigenvalue weighted by Gasteiger charge is 2.39. The van der Waals surface area contributed by atoms with Crippen LogP contribution in [0.5, 0.6) is 0 Å². The molecule has 3 heterocycles. The number of halogens is 1. The molecule has 1 aromatic heterocycles.